The minimum absolute atomic E-state index is 0.121. The van der Waals surface area contributed by atoms with Gasteiger partial charge in [0.05, 0.1) is 0 Å². The Kier molecular flexibility index (Phi) is 5.41. The number of benzene rings is 1. The van der Waals surface area contributed by atoms with Crippen molar-refractivity contribution in [3.63, 3.8) is 0 Å². The van der Waals surface area contributed by atoms with Gasteiger partial charge in [-0.05, 0) is 42.6 Å². The Balaban J connectivity index is 1.97. The van der Waals surface area contributed by atoms with E-state index in [1.807, 2.05) is 11.0 Å². The fraction of sp³-hybridized carbons (Fsp3) is 0.526. The van der Waals surface area contributed by atoms with Gasteiger partial charge in [-0.2, -0.15) is 0 Å². The van der Waals surface area contributed by atoms with E-state index in [9.17, 15) is 4.79 Å². The van der Waals surface area contributed by atoms with Crippen LogP contribution in [0.15, 0.2) is 30.3 Å². The molecule has 1 aliphatic heterocycles. The van der Waals surface area contributed by atoms with Gasteiger partial charge < -0.3 is 9.80 Å². The van der Waals surface area contributed by atoms with Crippen LogP contribution >= 0.6 is 0 Å². The summed E-state index contributed by atoms with van der Waals surface area (Å²) < 4.78 is 0. The molecular formula is C19H28N2O. The fourth-order valence-corrected chi connectivity index (χ4v) is 2.63. The van der Waals surface area contributed by atoms with Crippen LogP contribution in [0.4, 0.5) is 0 Å². The molecule has 0 aliphatic carbocycles. The Morgan fingerprint density at radius 1 is 1.05 bits per heavy atom. The highest BCUT2D eigenvalue weighted by molar-refractivity contribution is 5.91. The number of carbonyl (C=O) groups excluding carboxylic acids is 1. The molecule has 1 aromatic carbocycles. The van der Waals surface area contributed by atoms with Crippen LogP contribution in [0.1, 0.15) is 38.3 Å². The summed E-state index contributed by atoms with van der Waals surface area (Å²) in [6, 6.07) is 8.46. The number of amides is 1. The van der Waals surface area contributed by atoms with E-state index >= 15 is 0 Å². The van der Waals surface area contributed by atoms with Gasteiger partial charge in [-0.1, -0.05) is 45.0 Å². The third-order valence-electron chi connectivity index (χ3n) is 4.23. The summed E-state index contributed by atoms with van der Waals surface area (Å²) in [5.74, 6) is 0.121. The standard InChI is InChI=1S/C19H28N2O/c1-19(2,3)17-9-6-16(7-10-17)8-11-18(22)21-13-5-12-20(4)14-15-21/h6-11H,5,12-15H2,1-4H3/b11-8+. The van der Waals surface area contributed by atoms with E-state index in [1.54, 1.807) is 6.08 Å². The SMILES string of the molecule is CN1CCCN(C(=O)/C=C/c2ccc(C(C)(C)C)cc2)CC1. The topological polar surface area (TPSA) is 23.6 Å². The predicted molar refractivity (Wildman–Crippen MR) is 92.9 cm³/mol. The fourth-order valence-electron chi connectivity index (χ4n) is 2.63. The van der Waals surface area contributed by atoms with Gasteiger partial charge in [0.15, 0.2) is 0 Å². The molecule has 1 aliphatic rings. The molecule has 0 radical (unpaired) electrons. The first kappa shape index (κ1) is 16.8. The van der Waals surface area contributed by atoms with E-state index in [0.29, 0.717) is 0 Å². The van der Waals surface area contributed by atoms with Crippen LogP contribution in [-0.4, -0.2) is 48.9 Å². The Bertz CT molecular complexity index is 525. The zero-order chi connectivity index (χ0) is 16.2. The van der Waals surface area contributed by atoms with Gasteiger partial charge in [-0.3, -0.25) is 4.79 Å². The van der Waals surface area contributed by atoms with Crippen LogP contribution in [0.25, 0.3) is 6.08 Å². The smallest absolute Gasteiger partial charge is 0.246 e. The average molecular weight is 300 g/mol. The van der Waals surface area contributed by atoms with Crippen LogP contribution in [0.2, 0.25) is 0 Å². The highest BCUT2D eigenvalue weighted by Gasteiger charge is 2.15. The normalized spacial score (nSPS) is 17.7. The molecule has 0 unspecified atom stereocenters. The molecule has 0 aromatic heterocycles. The van der Waals surface area contributed by atoms with Crippen LogP contribution in [-0.2, 0) is 10.2 Å². The first-order chi connectivity index (χ1) is 10.4. The van der Waals surface area contributed by atoms with E-state index in [-0.39, 0.29) is 11.3 Å². The van der Waals surface area contributed by atoms with Gasteiger partial charge >= 0.3 is 0 Å². The van der Waals surface area contributed by atoms with Crippen molar-refractivity contribution in [2.24, 2.45) is 0 Å². The second kappa shape index (κ2) is 7.10. The summed E-state index contributed by atoms with van der Waals surface area (Å²) in [6.45, 7) is 10.3. The third kappa shape index (κ3) is 4.70. The Labute approximate surface area is 134 Å². The van der Waals surface area contributed by atoms with Crippen molar-refractivity contribution >= 4 is 12.0 Å². The highest BCUT2D eigenvalue weighted by Crippen LogP contribution is 2.22. The van der Waals surface area contributed by atoms with Gasteiger partial charge in [-0.25, -0.2) is 0 Å². The van der Waals surface area contributed by atoms with Crippen molar-refractivity contribution in [1.29, 1.82) is 0 Å². The summed E-state index contributed by atoms with van der Waals surface area (Å²) in [7, 11) is 2.11. The highest BCUT2D eigenvalue weighted by atomic mass is 16.2. The van der Waals surface area contributed by atoms with Gasteiger partial charge in [0.2, 0.25) is 5.91 Å². The van der Waals surface area contributed by atoms with Crippen LogP contribution < -0.4 is 0 Å². The van der Waals surface area contributed by atoms with Gasteiger partial charge in [0.1, 0.15) is 0 Å². The summed E-state index contributed by atoms with van der Waals surface area (Å²) in [5.41, 5.74) is 2.55. The molecule has 3 heteroatoms. The lowest BCUT2D eigenvalue weighted by molar-refractivity contribution is -0.125. The first-order valence-electron chi connectivity index (χ1n) is 8.12. The van der Waals surface area contributed by atoms with Crippen LogP contribution in [0.3, 0.4) is 0 Å². The predicted octanol–water partition coefficient (Wildman–Crippen LogP) is 3.16. The molecule has 1 fully saturated rings. The lowest BCUT2D eigenvalue weighted by Gasteiger charge is -2.19. The molecular weight excluding hydrogens is 272 g/mol. The minimum Gasteiger partial charge on any atom is -0.338 e. The van der Waals surface area contributed by atoms with Crippen molar-refractivity contribution < 1.29 is 4.79 Å². The molecule has 22 heavy (non-hydrogen) atoms. The lowest BCUT2D eigenvalue weighted by Crippen LogP contribution is -2.33. The molecule has 0 atom stereocenters. The molecule has 0 spiro atoms. The minimum atomic E-state index is 0.121. The van der Waals surface area contributed by atoms with Gasteiger partial charge in [-0.15, -0.1) is 0 Å². The zero-order valence-electron chi connectivity index (χ0n) is 14.3. The van der Waals surface area contributed by atoms with Crippen molar-refractivity contribution in [3.05, 3.63) is 41.5 Å². The summed E-state index contributed by atoms with van der Waals surface area (Å²) in [6.07, 6.45) is 4.68. The monoisotopic (exact) mass is 300 g/mol. The molecule has 0 saturated carbocycles. The van der Waals surface area contributed by atoms with Crippen molar-refractivity contribution in [3.8, 4) is 0 Å². The van der Waals surface area contributed by atoms with Crippen LogP contribution in [0.5, 0.6) is 0 Å². The number of rotatable bonds is 2. The molecule has 120 valence electrons. The maximum atomic E-state index is 12.3. The Morgan fingerprint density at radius 3 is 2.36 bits per heavy atom. The summed E-state index contributed by atoms with van der Waals surface area (Å²) >= 11 is 0. The van der Waals surface area contributed by atoms with E-state index < -0.39 is 0 Å². The van der Waals surface area contributed by atoms with Crippen molar-refractivity contribution in [2.75, 3.05) is 33.2 Å². The first-order valence-corrected chi connectivity index (χ1v) is 8.12. The van der Waals surface area contributed by atoms with E-state index in [0.717, 1.165) is 38.2 Å². The van der Waals surface area contributed by atoms with E-state index in [1.165, 1.54) is 5.56 Å². The number of likely N-dealkylation sites (N-methyl/N-ethyl adjacent to an activating group) is 1. The second-order valence-corrected chi connectivity index (χ2v) is 7.19. The molecule has 0 bridgehead atoms. The van der Waals surface area contributed by atoms with E-state index in [4.69, 9.17) is 0 Å². The summed E-state index contributed by atoms with van der Waals surface area (Å²) in [4.78, 5) is 16.5. The molecule has 1 saturated heterocycles. The molecule has 3 nitrogen and oxygen atoms in total. The van der Waals surface area contributed by atoms with Crippen LogP contribution in [0, 0.1) is 0 Å². The Hall–Kier alpha value is -1.61. The number of carbonyl (C=O) groups is 1. The third-order valence-corrected chi connectivity index (χ3v) is 4.23. The van der Waals surface area contributed by atoms with E-state index in [2.05, 4.69) is 57.0 Å². The maximum Gasteiger partial charge on any atom is 0.246 e. The van der Waals surface area contributed by atoms with Crippen molar-refractivity contribution in [2.45, 2.75) is 32.6 Å². The quantitative estimate of drug-likeness (QED) is 0.783. The summed E-state index contributed by atoms with van der Waals surface area (Å²) in [5, 5.41) is 0. The second-order valence-electron chi connectivity index (χ2n) is 7.19. The molecule has 2 rings (SSSR count). The zero-order valence-corrected chi connectivity index (χ0v) is 14.3. The van der Waals surface area contributed by atoms with Gasteiger partial charge in [0, 0.05) is 25.7 Å². The molecule has 0 N–H and O–H groups in total. The average Bonchev–Trinajstić information content (AvgIpc) is 2.69. The number of hydrogen-bond acceptors (Lipinski definition) is 2. The Morgan fingerprint density at radius 2 is 1.73 bits per heavy atom. The van der Waals surface area contributed by atoms with Gasteiger partial charge in [0.25, 0.3) is 0 Å². The molecule has 1 heterocycles. The molecule has 1 aromatic rings. The molecule has 1 amide bonds. The number of nitrogens with zero attached hydrogens (tertiary/aromatic N) is 2. The maximum absolute atomic E-state index is 12.3. The largest absolute Gasteiger partial charge is 0.338 e. The lowest BCUT2D eigenvalue weighted by atomic mass is 9.87. The number of hydrogen-bond donors (Lipinski definition) is 0. The van der Waals surface area contributed by atoms with Crippen molar-refractivity contribution in [1.82, 2.24) is 9.80 Å².